The fourth-order valence-electron chi connectivity index (χ4n) is 2.84. The van der Waals surface area contributed by atoms with E-state index in [1.165, 1.54) is 12.1 Å². The maximum atomic E-state index is 13.1. The zero-order chi connectivity index (χ0) is 22.8. The minimum Gasteiger partial charge on any atom is -0.484 e. The standard InChI is InChI=1S/C25H25FN2O4/c1-18-5-7-22(8-6-18)32-23-11-9-21(10-12-23)31-17-25(30)28-14-13-27-24(29)16-19-3-2-4-20(26)15-19/h2-12,15H,13-14,16-17H2,1H3,(H,27,29)(H,28,30). The van der Waals surface area contributed by atoms with E-state index < -0.39 is 0 Å². The zero-order valence-electron chi connectivity index (χ0n) is 17.8. The lowest BCUT2D eigenvalue weighted by Gasteiger charge is -2.10. The van der Waals surface area contributed by atoms with Gasteiger partial charge in [0.2, 0.25) is 5.91 Å². The Labute approximate surface area is 186 Å². The van der Waals surface area contributed by atoms with Crippen LogP contribution in [0.15, 0.2) is 72.8 Å². The molecule has 7 heteroatoms. The first-order valence-electron chi connectivity index (χ1n) is 10.2. The molecule has 0 aliphatic carbocycles. The summed E-state index contributed by atoms with van der Waals surface area (Å²) < 4.78 is 24.4. The van der Waals surface area contributed by atoms with E-state index in [9.17, 15) is 14.0 Å². The van der Waals surface area contributed by atoms with Crippen molar-refractivity contribution in [3.63, 3.8) is 0 Å². The average Bonchev–Trinajstić information content (AvgIpc) is 2.78. The minimum absolute atomic E-state index is 0.0818. The fraction of sp³-hybridized carbons (Fsp3) is 0.200. The van der Waals surface area contributed by atoms with Crippen LogP contribution < -0.4 is 20.1 Å². The van der Waals surface area contributed by atoms with Gasteiger partial charge in [-0.2, -0.15) is 0 Å². The van der Waals surface area contributed by atoms with Crippen LogP contribution >= 0.6 is 0 Å². The van der Waals surface area contributed by atoms with Gasteiger partial charge in [-0.15, -0.1) is 0 Å². The lowest BCUT2D eigenvalue weighted by atomic mass is 10.1. The fourth-order valence-corrected chi connectivity index (χ4v) is 2.84. The number of hydrogen-bond donors (Lipinski definition) is 2. The number of carbonyl (C=O) groups excluding carboxylic acids is 2. The van der Waals surface area contributed by atoms with Crippen LogP contribution in [0.25, 0.3) is 0 Å². The van der Waals surface area contributed by atoms with E-state index in [1.807, 2.05) is 31.2 Å². The molecule has 0 saturated carbocycles. The maximum absolute atomic E-state index is 13.1. The van der Waals surface area contributed by atoms with Crippen LogP contribution in [0.2, 0.25) is 0 Å². The molecule has 3 rings (SSSR count). The van der Waals surface area contributed by atoms with Gasteiger partial charge in [-0.3, -0.25) is 9.59 Å². The summed E-state index contributed by atoms with van der Waals surface area (Å²) in [6.45, 7) is 2.40. The number of aryl methyl sites for hydroxylation is 1. The molecule has 32 heavy (non-hydrogen) atoms. The normalized spacial score (nSPS) is 10.3. The lowest BCUT2D eigenvalue weighted by molar-refractivity contribution is -0.124. The second-order valence-electron chi connectivity index (χ2n) is 7.18. The Morgan fingerprint density at radius 2 is 1.41 bits per heavy atom. The number of rotatable bonds is 10. The van der Waals surface area contributed by atoms with Crippen molar-refractivity contribution >= 4 is 11.8 Å². The molecular formula is C25H25FN2O4. The monoisotopic (exact) mass is 436 g/mol. The van der Waals surface area contributed by atoms with Crippen LogP contribution in [0.1, 0.15) is 11.1 Å². The Balaban J connectivity index is 1.31. The highest BCUT2D eigenvalue weighted by atomic mass is 19.1. The lowest BCUT2D eigenvalue weighted by Crippen LogP contribution is -2.37. The van der Waals surface area contributed by atoms with Crippen molar-refractivity contribution in [2.24, 2.45) is 0 Å². The smallest absolute Gasteiger partial charge is 0.258 e. The first kappa shape index (κ1) is 22.8. The molecule has 0 aromatic heterocycles. The van der Waals surface area contributed by atoms with Gasteiger partial charge in [-0.05, 0) is 61.0 Å². The van der Waals surface area contributed by atoms with Crippen molar-refractivity contribution in [3.8, 4) is 17.2 Å². The number of hydrogen-bond acceptors (Lipinski definition) is 4. The third-order valence-electron chi connectivity index (χ3n) is 4.47. The molecule has 0 fully saturated rings. The van der Waals surface area contributed by atoms with Gasteiger partial charge in [0, 0.05) is 13.1 Å². The Morgan fingerprint density at radius 3 is 2.06 bits per heavy atom. The van der Waals surface area contributed by atoms with Crippen LogP contribution in [0.3, 0.4) is 0 Å². The molecular weight excluding hydrogens is 411 g/mol. The van der Waals surface area contributed by atoms with Crippen molar-refractivity contribution < 1.29 is 23.5 Å². The van der Waals surface area contributed by atoms with Crippen molar-refractivity contribution in [3.05, 3.63) is 89.7 Å². The van der Waals surface area contributed by atoms with E-state index in [4.69, 9.17) is 9.47 Å². The molecule has 0 heterocycles. The minimum atomic E-state index is -0.379. The molecule has 0 aliphatic heterocycles. The van der Waals surface area contributed by atoms with E-state index in [2.05, 4.69) is 10.6 Å². The van der Waals surface area contributed by atoms with Gasteiger partial charge in [0.05, 0.1) is 6.42 Å². The quantitative estimate of drug-likeness (QED) is 0.474. The van der Waals surface area contributed by atoms with E-state index in [0.29, 0.717) is 17.1 Å². The SMILES string of the molecule is Cc1ccc(Oc2ccc(OCC(=O)NCCNC(=O)Cc3cccc(F)c3)cc2)cc1. The van der Waals surface area contributed by atoms with Crippen LogP contribution in [-0.4, -0.2) is 31.5 Å². The van der Waals surface area contributed by atoms with E-state index in [-0.39, 0.29) is 43.7 Å². The number of ether oxygens (including phenoxy) is 2. The Bertz CT molecular complexity index is 1040. The first-order valence-corrected chi connectivity index (χ1v) is 10.2. The molecule has 166 valence electrons. The molecule has 3 aromatic rings. The molecule has 6 nitrogen and oxygen atoms in total. The summed E-state index contributed by atoms with van der Waals surface area (Å²) in [6.07, 6.45) is 0.0818. The summed E-state index contributed by atoms with van der Waals surface area (Å²) >= 11 is 0. The number of benzene rings is 3. The van der Waals surface area contributed by atoms with Gasteiger partial charge in [-0.1, -0.05) is 29.8 Å². The van der Waals surface area contributed by atoms with Crippen molar-refractivity contribution in [1.82, 2.24) is 10.6 Å². The molecule has 2 N–H and O–H groups in total. The molecule has 3 aromatic carbocycles. The summed E-state index contributed by atoms with van der Waals surface area (Å²) in [4.78, 5) is 23.8. The second-order valence-corrected chi connectivity index (χ2v) is 7.18. The predicted octanol–water partition coefficient (Wildman–Crippen LogP) is 3.78. The molecule has 0 spiro atoms. The number of carbonyl (C=O) groups is 2. The largest absolute Gasteiger partial charge is 0.484 e. The Kier molecular flexibility index (Phi) is 8.20. The van der Waals surface area contributed by atoms with E-state index in [0.717, 1.165) is 11.3 Å². The van der Waals surface area contributed by atoms with Gasteiger partial charge in [-0.25, -0.2) is 4.39 Å². The summed E-state index contributed by atoms with van der Waals surface area (Å²) in [5.41, 5.74) is 1.75. The number of amides is 2. The first-order chi connectivity index (χ1) is 15.5. The molecule has 0 unspecified atom stereocenters. The molecule has 0 saturated heterocycles. The highest BCUT2D eigenvalue weighted by molar-refractivity contribution is 5.79. The third kappa shape index (κ3) is 7.75. The summed E-state index contributed by atoms with van der Waals surface area (Å²) in [6, 6.07) is 20.6. The van der Waals surface area contributed by atoms with Crippen LogP contribution in [0, 0.1) is 12.7 Å². The van der Waals surface area contributed by atoms with Gasteiger partial charge in [0.25, 0.3) is 5.91 Å². The van der Waals surface area contributed by atoms with Crippen molar-refractivity contribution in [1.29, 1.82) is 0 Å². The average molecular weight is 436 g/mol. The molecule has 0 aliphatic rings. The topological polar surface area (TPSA) is 76.7 Å². The van der Waals surface area contributed by atoms with Crippen LogP contribution in [0.4, 0.5) is 4.39 Å². The van der Waals surface area contributed by atoms with E-state index in [1.54, 1.807) is 36.4 Å². The van der Waals surface area contributed by atoms with Crippen LogP contribution in [0.5, 0.6) is 17.2 Å². The summed E-state index contributed by atoms with van der Waals surface area (Å²) in [5, 5.41) is 5.34. The third-order valence-corrected chi connectivity index (χ3v) is 4.47. The molecule has 0 bridgehead atoms. The highest BCUT2D eigenvalue weighted by Gasteiger charge is 2.06. The summed E-state index contributed by atoms with van der Waals surface area (Å²) in [7, 11) is 0. The van der Waals surface area contributed by atoms with Crippen molar-refractivity contribution in [2.45, 2.75) is 13.3 Å². The maximum Gasteiger partial charge on any atom is 0.258 e. The van der Waals surface area contributed by atoms with Crippen LogP contribution in [-0.2, 0) is 16.0 Å². The number of nitrogens with one attached hydrogen (secondary N) is 2. The van der Waals surface area contributed by atoms with E-state index >= 15 is 0 Å². The molecule has 0 atom stereocenters. The second kappa shape index (κ2) is 11.5. The summed E-state index contributed by atoms with van der Waals surface area (Å²) in [5.74, 6) is 1.03. The van der Waals surface area contributed by atoms with Gasteiger partial charge < -0.3 is 20.1 Å². The van der Waals surface area contributed by atoms with Gasteiger partial charge in [0.15, 0.2) is 6.61 Å². The zero-order valence-corrected chi connectivity index (χ0v) is 17.8. The molecule has 2 amide bonds. The molecule has 0 radical (unpaired) electrons. The Morgan fingerprint density at radius 1 is 0.812 bits per heavy atom. The predicted molar refractivity (Wildman–Crippen MR) is 119 cm³/mol. The highest BCUT2D eigenvalue weighted by Crippen LogP contribution is 2.24. The van der Waals surface area contributed by atoms with Gasteiger partial charge in [0.1, 0.15) is 23.1 Å². The number of halogens is 1. The Hall–Kier alpha value is -3.87. The van der Waals surface area contributed by atoms with Gasteiger partial charge >= 0.3 is 0 Å². The van der Waals surface area contributed by atoms with Crippen molar-refractivity contribution in [2.75, 3.05) is 19.7 Å².